The highest BCUT2D eigenvalue weighted by atomic mass is 35.5. The molecule has 1 saturated heterocycles. The van der Waals surface area contributed by atoms with Crippen LogP contribution in [0.15, 0.2) is 42.5 Å². The van der Waals surface area contributed by atoms with Crippen molar-refractivity contribution in [1.82, 2.24) is 4.90 Å². The molecule has 6 nitrogen and oxygen atoms in total. The van der Waals surface area contributed by atoms with Gasteiger partial charge in [0.1, 0.15) is 0 Å². The van der Waals surface area contributed by atoms with Crippen molar-refractivity contribution in [1.29, 1.82) is 0 Å². The predicted molar refractivity (Wildman–Crippen MR) is 117 cm³/mol. The Morgan fingerprint density at radius 1 is 1.13 bits per heavy atom. The number of nitrogens with zero attached hydrogens (tertiary/aromatic N) is 1. The fourth-order valence-corrected chi connectivity index (χ4v) is 4.23. The number of hydrogen-bond acceptors (Lipinski definition) is 3. The van der Waals surface area contributed by atoms with E-state index in [1.165, 1.54) is 0 Å². The zero-order valence-electron chi connectivity index (χ0n) is 16.6. The Kier molecular flexibility index (Phi) is 6.04. The molecule has 2 N–H and O–H groups in total. The van der Waals surface area contributed by atoms with Gasteiger partial charge in [0.15, 0.2) is 0 Å². The van der Waals surface area contributed by atoms with E-state index in [2.05, 4.69) is 10.6 Å². The Labute approximate surface area is 180 Å². The second-order valence-corrected chi connectivity index (χ2v) is 8.26. The van der Waals surface area contributed by atoms with E-state index in [-0.39, 0.29) is 30.1 Å². The van der Waals surface area contributed by atoms with Gasteiger partial charge in [-0.1, -0.05) is 29.8 Å². The van der Waals surface area contributed by atoms with Gasteiger partial charge in [0, 0.05) is 36.1 Å². The molecule has 2 aliphatic heterocycles. The smallest absolute Gasteiger partial charge is 0.256 e. The van der Waals surface area contributed by atoms with E-state index in [1.807, 2.05) is 24.3 Å². The van der Waals surface area contributed by atoms with Gasteiger partial charge in [0.25, 0.3) is 5.91 Å². The van der Waals surface area contributed by atoms with Gasteiger partial charge in [-0.15, -0.1) is 0 Å². The van der Waals surface area contributed by atoms with Gasteiger partial charge in [-0.3, -0.25) is 14.4 Å². The molecule has 7 heteroatoms. The molecule has 0 aliphatic carbocycles. The molecular formula is C23H24ClN3O3. The maximum atomic E-state index is 12.8. The maximum Gasteiger partial charge on any atom is 0.256 e. The predicted octanol–water partition coefficient (Wildman–Crippen LogP) is 4.11. The highest BCUT2D eigenvalue weighted by molar-refractivity contribution is 6.31. The van der Waals surface area contributed by atoms with Crippen LogP contribution in [0.5, 0.6) is 0 Å². The lowest BCUT2D eigenvalue weighted by Gasteiger charge is -2.24. The lowest BCUT2D eigenvalue weighted by atomic mass is 9.89. The Morgan fingerprint density at radius 2 is 1.90 bits per heavy atom. The van der Waals surface area contributed by atoms with Crippen molar-refractivity contribution in [2.24, 2.45) is 5.92 Å². The molecule has 156 valence electrons. The SMILES string of the molecule is O=C(CCC1Cc2ccccc2NC1=O)Nc1ccc(Cl)cc1C(=O)N1CCCC1. The minimum atomic E-state index is -0.249. The molecule has 2 heterocycles. The van der Waals surface area contributed by atoms with E-state index in [4.69, 9.17) is 11.6 Å². The standard InChI is InChI=1S/C23H24ClN3O3/c24-17-8-9-20(18(14-17)23(30)27-11-3-4-12-27)25-21(28)10-7-16-13-15-5-1-2-6-19(15)26-22(16)29/h1-2,5-6,8-9,14,16H,3-4,7,10-13H2,(H,25,28)(H,26,29). The fourth-order valence-electron chi connectivity index (χ4n) is 4.06. The van der Waals surface area contributed by atoms with E-state index in [0.29, 0.717) is 29.1 Å². The van der Waals surface area contributed by atoms with Gasteiger partial charge in [0.2, 0.25) is 11.8 Å². The van der Waals surface area contributed by atoms with Crippen molar-refractivity contribution in [3.8, 4) is 0 Å². The Bertz CT molecular complexity index is 985. The lowest BCUT2D eigenvalue weighted by Crippen LogP contribution is -2.31. The number of halogens is 1. The van der Waals surface area contributed by atoms with Crippen LogP contribution in [-0.4, -0.2) is 35.7 Å². The van der Waals surface area contributed by atoms with Crippen molar-refractivity contribution in [2.75, 3.05) is 23.7 Å². The normalized spacial score (nSPS) is 18.0. The fraction of sp³-hybridized carbons (Fsp3) is 0.348. The monoisotopic (exact) mass is 425 g/mol. The first kappa shape index (κ1) is 20.4. The van der Waals surface area contributed by atoms with E-state index in [9.17, 15) is 14.4 Å². The third kappa shape index (κ3) is 4.49. The van der Waals surface area contributed by atoms with Gasteiger partial charge in [0.05, 0.1) is 11.3 Å². The summed E-state index contributed by atoms with van der Waals surface area (Å²) in [4.78, 5) is 39.5. The summed E-state index contributed by atoms with van der Waals surface area (Å²) in [5.41, 5.74) is 2.79. The molecule has 1 unspecified atom stereocenters. The van der Waals surface area contributed by atoms with Gasteiger partial charge < -0.3 is 15.5 Å². The maximum absolute atomic E-state index is 12.8. The summed E-state index contributed by atoms with van der Waals surface area (Å²) in [5.74, 6) is -0.646. The number of carbonyl (C=O) groups excluding carboxylic acids is 3. The number of hydrogen-bond donors (Lipinski definition) is 2. The molecule has 1 fully saturated rings. The molecule has 2 aliphatic rings. The number of nitrogens with one attached hydrogen (secondary N) is 2. The highest BCUT2D eigenvalue weighted by Crippen LogP contribution is 2.28. The molecule has 0 bridgehead atoms. The van der Waals surface area contributed by atoms with Crippen LogP contribution in [-0.2, 0) is 16.0 Å². The first-order chi connectivity index (χ1) is 14.5. The average Bonchev–Trinajstić information content (AvgIpc) is 3.28. The molecule has 0 radical (unpaired) electrons. The number of fused-ring (bicyclic) bond motifs is 1. The number of carbonyl (C=O) groups is 3. The Balaban J connectivity index is 1.40. The quantitative estimate of drug-likeness (QED) is 0.756. The number of anilines is 2. The summed E-state index contributed by atoms with van der Waals surface area (Å²) in [7, 11) is 0. The molecule has 0 aromatic heterocycles. The van der Waals surface area contributed by atoms with Crippen molar-refractivity contribution in [3.63, 3.8) is 0 Å². The third-order valence-electron chi connectivity index (χ3n) is 5.71. The van der Waals surface area contributed by atoms with Crippen LogP contribution in [0.1, 0.15) is 41.6 Å². The van der Waals surface area contributed by atoms with Gasteiger partial charge >= 0.3 is 0 Å². The van der Waals surface area contributed by atoms with Crippen LogP contribution >= 0.6 is 11.6 Å². The zero-order chi connectivity index (χ0) is 21.1. The van der Waals surface area contributed by atoms with Crippen molar-refractivity contribution in [3.05, 3.63) is 58.6 Å². The summed E-state index contributed by atoms with van der Waals surface area (Å²) in [6.45, 7) is 1.44. The van der Waals surface area contributed by atoms with Crippen LogP contribution < -0.4 is 10.6 Å². The lowest BCUT2D eigenvalue weighted by molar-refractivity contribution is -0.121. The average molecular weight is 426 g/mol. The second kappa shape index (κ2) is 8.88. The Hall–Kier alpha value is -2.86. The molecule has 0 saturated carbocycles. The molecule has 0 spiro atoms. The van der Waals surface area contributed by atoms with Gasteiger partial charge in [-0.25, -0.2) is 0 Å². The number of amides is 3. The van der Waals surface area contributed by atoms with Crippen molar-refractivity contribution in [2.45, 2.75) is 32.1 Å². The molecule has 2 aromatic carbocycles. The summed E-state index contributed by atoms with van der Waals surface area (Å²) >= 11 is 6.10. The number of para-hydroxylation sites is 1. The van der Waals surface area contributed by atoms with E-state index in [0.717, 1.165) is 37.2 Å². The van der Waals surface area contributed by atoms with Gasteiger partial charge in [-0.05, 0) is 55.5 Å². The zero-order valence-corrected chi connectivity index (χ0v) is 17.4. The van der Waals surface area contributed by atoms with Gasteiger partial charge in [-0.2, -0.15) is 0 Å². The number of rotatable bonds is 5. The number of benzene rings is 2. The van der Waals surface area contributed by atoms with Crippen LogP contribution in [0.25, 0.3) is 0 Å². The minimum Gasteiger partial charge on any atom is -0.339 e. The third-order valence-corrected chi connectivity index (χ3v) is 5.95. The highest BCUT2D eigenvalue weighted by Gasteiger charge is 2.27. The molecular weight excluding hydrogens is 402 g/mol. The van der Waals surface area contributed by atoms with Crippen LogP contribution in [0.2, 0.25) is 5.02 Å². The van der Waals surface area contributed by atoms with E-state index < -0.39 is 0 Å². The van der Waals surface area contributed by atoms with E-state index in [1.54, 1.807) is 23.1 Å². The van der Waals surface area contributed by atoms with E-state index >= 15 is 0 Å². The molecule has 2 aromatic rings. The topological polar surface area (TPSA) is 78.5 Å². The molecule has 30 heavy (non-hydrogen) atoms. The number of likely N-dealkylation sites (tertiary alicyclic amines) is 1. The largest absolute Gasteiger partial charge is 0.339 e. The van der Waals surface area contributed by atoms with Crippen molar-refractivity contribution >= 4 is 40.7 Å². The Morgan fingerprint density at radius 3 is 2.70 bits per heavy atom. The second-order valence-electron chi connectivity index (χ2n) is 7.82. The van der Waals surface area contributed by atoms with Crippen LogP contribution in [0.4, 0.5) is 11.4 Å². The summed E-state index contributed by atoms with van der Waals surface area (Å²) in [5, 5.41) is 6.20. The van der Waals surface area contributed by atoms with Crippen molar-refractivity contribution < 1.29 is 14.4 Å². The summed E-state index contributed by atoms with van der Waals surface area (Å²) in [6.07, 6.45) is 3.23. The minimum absolute atomic E-state index is 0.0575. The molecule has 3 amide bonds. The molecule has 1 atom stereocenters. The summed E-state index contributed by atoms with van der Waals surface area (Å²) < 4.78 is 0. The van der Waals surface area contributed by atoms with Crippen LogP contribution in [0.3, 0.4) is 0 Å². The first-order valence-electron chi connectivity index (χ1n) is 10.3. The van der Waals surface area contributed by atoms with Crippen LogP contribution in [0, 0.1) is 5.92 Å². The molecule has 4 rings (SSSR count). The summed E-state index contributed by atoms with van der Waals surface area (Å²) in [6, 6.07) is 12.6. The first-order valence-corrected chi connectivity index (χ1v) is 10.7.